The molecule has 0 saturated carbocycles. The van der Waals surface area contributed by atoms with Gasteiger partial charge in [-0.1, -0.05) is 99.2 Å². The second-order valence-electron chi connectivity index (χ2n) is 6.43. The van der Waals surface area contributed by atoms with E-state index in [2.05, 4.69) is 13.0 Å². The molecule has 0 fully saturated rings. The molecule has 25 heavy (non-hydrogen) atoms. The van der Waals surface area contributed by atoms with Gasteiger partial charge < -0.3 is 0 Å². The molecule has 2 heteroatoms. The van der Waals surface area contributed by atoms with Gasteiger partial charge in [-0.3, -0.25) is 4.79 Å². The maximum absolute atomic E-state index is 12.1. The van der Waals surface area contributed by atoms with Gasteiger partial charge >= 0.3 is 0 Å². The molecule has 0 unspecified atom stereocenters. The third kappa shape index (κ3) is 6.88. The Morgan fingerprint density at radius 3 is 2.40 bits per heavy atom. The van der Waals surface area contributed by atoms with Gasteiger partial charge in [-0.2, -0.15) is 0 Å². The van der Waals surface area contributed by atoms with Crippen molar-refractivity contribution in [1.82, 2.24) is 0 Å². The Balaban J connectivity index is 1.86. The third-order valence-electron chi connectivity index (χ3n) is 4.36. The summed E-state index contributed by atoms with van der Waals surface area (Å²) in [4.78, 5) is 12.1. The van der Waals surface area contributed by atoms with Gasteiger partial charge in [0.15, 0.2) is 5.78 Å². The van der Waals surface area contributed by atoms with Crippen LogP contribution >= 0.6 is 11.6 Å². The Bertz CT molecular complexity index is 688. The van der Waals surface area contributed by atoms with Crippen LogP contribution in [0, 0.1) is 0 Å². The van der Waals surface area contributed by atoms with Crippen LogP contribution < -0.4 is 0 Å². The molecule has 2 aromatic carbocycles. The fourth-order valence-corrected chi connectivity index (χ4v) is 3.12. The van der Waals surface area contributed by atoms with Crippen molar-refractivity contribution < 1.29 is 4.79 Å². The number of ketones is 1. The summed E-state index contributed by atoms with van der Waals surface area (Å²) in [7, 11) is 0. The van der Waals surface area contributed by atoms with Gasteiger partial charge in [-0.25, -0.2) is 0 Å². The maximum atomic E-state index is 12.1. The second-order valence-corrected chi connectivity index (χ2v) is 6.84. The van der Waals surface area contributed by atoms with Crippen molar-refractivity contribution in [1.29, 1.82) is 0 Å². The molecule has 0 spiro atoms. The molecule has 0 aliphatic heterocycles. The van der Waals surface area contributed by atoms with Crippen molar-refractivity contribution in [2.24, 2.45) is 0 Å². The Morgan fingerprint density at radius 2 is 1.68 bits per heavy atom. The van der Waals surface area contributed by atoms with Crippen LogP contribution in [0.2, 0.25) is 5.02 Å². The molecular formula is C23H27ClO. The molecule has 0 N–H and O–H groups in total. The quantitative estimate of drug-likeness (QED) is 0.252. The Hall–Kier alpha value is -1.86. The highest BCUT2D eigenvalue weighted by Crippen LogP contribution is 2.21. The van der Waals surface area contributed by atoms with Gasteiger partial charge in [-0.05, 0) is 36.1 Å². The van der Waals surface area contributed by atoms with Gasteiger partial charge in [0.1, 0.15) is 0 Å². The van der Waals surface area contributed by atoms with Crippen molar-refractivity contribution in [3.05, 3.63) is 76.3 Å². The van der Waals surface area contributed by atoms with Crippen LogP contribution in [-0.2, 0) is 6.42 Å². The minimum Gasteiger partial charge on any atom is -0.289 e. The predicted molar refractivity (Wildman–Crippen MR) is 108 cm³/mol. The molecule has 0 aromatic heterocycles. The van der Waals surface area contributed by atoms with Crippen molar-refractivity contribution in [3.63, 3.8) is 0 Å². The first-order valence-corrected chi connectivity index (χ1v) is 9.64. The number of carbonyl (C=O) groups is 1. The largest absolute Gasteiger partial charge is 0.289 e. The van der Waals surface area contributed by atoms with Gasteiger partial charge in [0.05, 0.1) is 0 Å². The summed E-state index contributed by atoms with van der Waals surface area (Å²) < 4.78 is 0. The Morgan fingerprint density at radius 1 is 0.960 bits per heavy atom. The number of aryl methyl sites for hydroxylation is 1. The monoisotopic (exact) mass is 354 g/mol. The summed E-state index contributed by atoms with van der Waals surface area (Å²) in [5, 5.41) is 0.794. The van der Waals surface area contributed by atoms with E-state index in [1.807, 2.05) is 48.5 Å². The fourth-order valence-electron chi connectivity index (χ4n) is 2.84. The van der Waals surface area contributed by atoms with Gasteiger partial charge in [-0.15, -0.1) is 0 Å². The van der Waals surface area contributed by atoms with E-state index in [9.17, 15) is 4.79 Å². The smallest absolute Gasteiger partial charge is 0.185 e. The molecule has 0 bridgehead atoms. The Labute approximate surface area is 156 Å². The number of unbranched alkanes of at least 4 members (excludes halogenated alkanes) is 5. The number of rotatable bonds is 10. The van der Waals surface area contributed by atoms with Gasteiger partial charge in [0.25, 0.3) is 0 Å². The molecular weight excluding hydrogens is 328 g/mol. The fraction of sp³-hybridized carbons (Fsp3) is 0.348. The standard InChI is InChI=1S/C23H27ClO/c1-2-3-4-5-6-8-11-20-16-14-19(18-22(20)24)15-17-23(25)21-12-9-7-10-13-21/h7,9-10,12-18H,2-6,8,11H2,1H3. The lowest BCUT2D eigenvalue weighted by atomic mass is 10.0. The number of benzene rings is 2. The van der Waals surface area contributed by atoms with Crippen LogP contribution in [-0.4, -0.2) is 5.78 Å². The molecule has 132 valence electrons. The van der Waals surface area contributed by atoms with Crippen LogP contribution in [0.15, 0.2) is 54.6 Å². The summed E-state index contributed by atoms with van der Waals surface area (Å²) in [5.74, 6) is 0.00729. The van der Waals surface area contributed by atoms with Crippen LogP contribution in [0.1, 0.15) is 66.9 Å². The number of carbonyl (C=O) groups excluding carboxylic acids is 1. The minimum absolute atomic E-state index is 0.00729. The summed E-state index contributed by atoms with van der Waals surface area (Å²) >= 11 is 6.41. The molecule has 0 saturated heterocycles. The summed E-state index contributed by atoms with van der Waals surface area (Å²) in [6.07, 6.45) is 12.2. The van der Waals surface area contributed by atoms with Crippen molar-refractivity contribution >= 4 is 23.5 Å². The van der Waals surface area contributed by atoms with Crippen LogP contribution in [0.5, 0.6) is 0 Å². The average Bonchev–Trinajstić information content (AvgIpc) is 2.64. The lowest BCUT2D eigenvalue weighted by molar-refractivity contribution is 0.104. The summed E-state index contributed by atoms with van der Waals surface area (Å²) in [6.45, 7) is 2.24. The van der Waals surface area contributed by atoms with Crippen molar-refractivity contribution in [3.8, 4) is 0 Å². The molecule has 0 aliphatic carbocycles. The zero-order chi connectivity index (χ0) is 17.9. The predicted octanol–water partition coefficient (Wildman–Crippen LogP) is 7.14. The van der Waals surface area contributed by atoms with Crippen LogP contribution in [0.3, 0.4) is 0 Å². The second kappa shape index (κ2) is 10.9. The molecule has 0 atom stereocenters. The van der Waals surface area contributed by atoms with Gasteiger partial charge in [0, 0.05) is 10.6 Å². The Kier molecular flexibility index (Phi) is 8.48. The number of hydrogen-bond donors (Lipinski definition) is 0. The van der Waals surface area contributed by atoms with E-state index >= 15 is 0 Å². The van der Waals surface area contributed by atoms with Crippen LogP contribution in [0.4, 0.5) is 0 Å². The number of halogens is 1. The van der Waals surface area contributed by atoms with Gasteiger partial charge in [0.2, 0.25) is 0 Å². The number of hydrogen-bond acceptors (Lipinski definition) is 1. The minimum atomic E-state index is 0.00729. The lowest BCUT2D eigenvalue weighted by Crippen LogP contribution is -1.93. The molecule has 2 rings (SSSR count). The molecule has 0 heterocycles. The highest BCUT2D eigenvalue weighted by atomic mass is 35.5. The van der Waals surface area contributed by atoms with E-state index in [4.69, 9.17) is 11.6 Å². The highest BCUT2D eigenvalue weighted by molar-refractivity contribution is 6.31. The van der Waals surface area contributed by atoms with E-state index in [0.29, 0.717) is 5.56 Å². The topological polar surface area (TPSA) is 17.1 Å². The van der Waals surface area contributed by atoms with E-state index < -0.39 is 0 Å². The summed E-state index contributed by atoms with van der Waals surface area (Å²) in [5.41, 5.74) is 2.86. The molecule has 0 amide bonds. The van der Waals surface area contributed by atoms with E-state index in [-0.39, 0.29) is 5.78 Å². The zero-order valence-corrected chi connectivity index (χ0v) is 15.8. The maximum Gasteiger partial charge on any atom is 0.185 e. The van der Waals surface area contributed by atoms with E-state index in [1.54, 1.807) is 6.08 Å². The first kappa shape index (κ1) is 19.5. The van der Waals surface area contributed by atoms with Crippen LogP contribution in [0.25, 0.3) is 6.08 Å². The molecule has 2 aromatic rings. The summed E-state index contributed by atoms with van der Waals surface area (Å²) in [6, 6.07) is 15.4. The first-order valence-electron chi connectivity index (χ1n) is 9.26. The van der Waals surface area contributed by atoms with E-state index in [1.165, 1.54) is 44.1 Å². The normalized spacial score (nSPS) is 11.1. The number of allylic oxidation sites excluding steroid dienone is 1. The molecule has 1 nitrogen and oxygen atoms in total. The highest BCUT2D eigenvalue weighted by Gasteiger charge is 2.03. The van der Waals surface area contributed by atoms with E-state index in [0.717, 1.165) is 17.0 Å². The third-order valence-corrected chi connectivity index (χ3v) is 4.71. The SMILES string of the molecule is CCCCCCCCc1ccc(C=CC(=O)c2ccccc2)cc1Cl. The first-order chi connectivity index (χ1) is 12.2. The lowest BCUT2D eigenvalue weighted by Gasteiger charge is -2.06. The van der Waals surface area contributed by atoms with Crippen molar-refractivity contribution in [2.45, 2.75) is 51.9 Å². The molecule has 0 radical (unpaired) electrons. The average molecular weight is 355 g/mol. The molecule has 0 aliphatic rings. The zero-order valence-electron chi connectivity index (χ0n) is 15.0. The van der Waals surface area contributed by atoms with Crippen molar-refractivity contribution in [2.75, 3.05) is 0 Å².